The minimum atomic E-state index is -0.430. The second kappa shape index (κ2) is 9.95. The lowest BCUT2D eigenvalue weighted by Gasteiger charge is -2.25. The maximum Gasteiger partial charge on any atom is 0.251 e. The van der Waals surface area contributed by atoms with Crippen molar-refractivity contribution in [1.82, 2.24) is 25.2 Å². The first-order valence-electron chi connectivity index (χ1n) is 11.6. The summed E-state index contributed by atoms with van der Waals surface area (Å²) in [5.41, 5.74) is 4.79. The summed E-state index contributed by atoms with van der Waals surface area (Å²) in [6.45, 7) is 4.71. The normalized spacial score (nSPS) is 13.4. The number of halogens is 1. The van der Waals surface area contributed by atoms with Crippen LogP contribution in [0.3, 0.4) is 0 Å². The highest BCUT2D eigenvalue weighted by Gasteiger charge is 2.21. The largest absolute Gasteiger partial charge is 0.348 e. The number of nitrogens with zero attached hydrogens (tertiary/aromatic N) is 3. The Morgan fingerprint density at radius 1 is 1.17 bits per heavy atom. The molecule has 2 N–H and O–H groups in total. The molecule has 3 heterocycles. The van der Waals surface area contributed by atoms with Crippen LogP contribution in [0.25, 0.3) is 27.9 Å². The zero-order valence-corrected chi connectivity index (χ0v) is 19.5. The van der Waals surface area contributed by atoms with Crippen LogP contribution in [0.4, 0.5) is 4.39 Å². The Morgan fingerprint density at radius 3 is 2.72 bits per heavy atom. The number of nitrogens with one attached hydrogen (secondary N) is 2. The molecule has 1 aliphatic rings. The number of H-pyrrole nitrogens is 1. The van der Waals surface area contributed by atoms with Gasteiger partial charge in [-0.25, -0.2) is 14.4 Å². The molecule has 0 aliphatic carbocycles. The molecule has 180 valence electrons. The number of rotatable bonds is 6. The van der Waals surface area contributed by atoms with Crippen LogP contribution in [0.1, 0.15) is 27.9 Å². The Labute approximate surface area is 207 Å². The van der Waals surface area contributed by atoms with E-state index in [0.717, 1.165) is 16.5 Å². The van der Waals surface area contributed by atoms with E-state index in [1.807, 2.05) is 18.3 Å². The molecule has 0 atom stereocenters. The maximum absolute atomic E-state index is 15.1. The van der Waals surface area contributed by atoms with Crippen molar-refractivity contribution in [2.75, 3.05) is 13.1 Å². The molecule has 0 spiro atoms. The average molecular weight is 482 g/mol. The lowest BCUT2D eigenvalue weighted by molar-refractivity contribution is -0.125. The number of hydrogen-bond donors (Lipinski definition) is 2. The first-order chi connectivity index (χ1) is 17.5. The summed E-state index contributed by atoms with van der Waals surface area (Å²) < 4.78 is 15.1. The van der Waals surface area contributed by atoms with Crippen LogP contribution in [-0.2, 0) is 11.3 Å². The predicted molar refractivity (Wildman–Crippen MR) is 136 cm³/mol. The fraction of sp³-hybridized carbons (Fsp3) is 0.143. The van der Waals surface area contributed by atoms with E-state index in [1.54, 1.807) is 41.3 Å². The second-order valence-electron chi connectivity index (χ2n) is 8.47. The van der Waals surface area contributed by atoms with Gasteiger partial charge < -0.3 is 15.2 Å². The molecule has 8 heteroatoms. The Bertz CT molecular complexity index is 1490. The van der Waals surface area contributed by atoms with Crippen molar-refractivity contribution in [3.63, 3.8) is 0 Å². The highest BCUT2D eigenvalue weighted by molar-refractivity contribution is 6.00. The van der Waals surface area contributed by atoms with Gasteiger partial charge in [0.15, 0.2) is 0 Å². The van der Waals surface area contributed by atoms with Gasteiger partial charge in [0.2, 0.25) is 5.91 Å². The number of carbonyl (C=O) groups is 2. The minimum Gasteiger partial charge on any atom is -0.348 e. The van der Waals surface area contributed by atoms with Gasteiger partial charge in [0.1, 0.15) is 17.8 Å². The van der Waals surface area contributed by atoms with Crippen LogP contribution in [0.15, 0.2) is 79.8 Å². The van der Waals surface area contributed by atoms with Gasteiger partial charge in [0, 0.05) is 48.1 Å². The Morgan fingerprint density at radius 2 is 2.00 bits per heavy atom. The quantitative estimate of drug-likeness (QED) is 0.397. The van der Waals surface area contributed by atoms with Crippen molar-refractivity contribution in [2.45, 2.75) is 13.0 Å². The molecule has 0 radical (unpaired) electrons. The highest BCUT2D eigenvalue weighted by Crippen LogP contribution is 2.34. The molecule has 0 saturated carbocycles. The molecule has 1 aliphatic heterocycles. The van der Waals surface area contributed by atoms with Gasteiger partial charge in [-0.05, 0) is 36.3 Å². The van der Waals surface area contributed by atoms with Crippen LogP contribution in [-0.4, -0.2) is 44.8 Å². The predicted octanol–water partition coefficient (Wildman–Crippen LogP) is 4.50. The number of aromatic nitrogens is 3. The van der Waals surface area contributed by atoms with Gasteiger partial charge in [-0.15, -0.1) is 0 Å². The number of hydrogen-bond acceptors (Lipinski definition) is 4. The van der Waals surface area contributed by atoms with Crippen molar-refractivity contribution in [3.8, 4) is 11.3 Å². The van der Waals surface area contributed by atoms with Crippen LogP contribution in [0.2, 0.25) is 0 Å². The highest BCUT2D eigenvalue weighted by atomic mass is 19.1. The van der Waals surface area contributed by atoms with Gasteiger partial charge in [-0.3, -0.25) is 9.59 Å². The number of benzene rings is 2. The SMILES string of the molecule is C=CC(=O)N1CC=C(c2c[nH]c3ncnc(-c4ccc(CNC(=O)c5ccccc5)c(F)c4)c23)CC1. The molecule has 36 heavy (non-hydrogen) atoms. The summed E-state index contributed by atoms with van der Waals surface area (Å²) in [5.74, 6) is -0.786. The van der Waals surface area contributed by atoms with E-state index in [1.165, 1.54) is 18.5 Å². The molecule has 2 aromatic heterocycles. The van der Waals surface area contributed by atoms with Crippen molar-refractivity contribution in [3.05, 3.63) is 102 Å². The fourth-order valence-electron chi connectivity index (χ4n) is 4.38. The summed E-state index contributed by atoms with van der Waals surface area (Å²) in [4.78, 5) is 38.0. The zero-order valence-electron chi connectivity index (χ0n) is 19.5. The van der Waals surface area contributed by atoms with Crippen molar-refractivity contribution in [2.24, 2.45) is 0 Å². The molecule has 5 rings (SSSR count). The third-order valence-electron chi connectivity index (χ3n) is 6.31. The van der Waals surface area contributed by atoms with E-state index in [4.69, 9.17) is 0 Å². The summed E-state index contributed by atoms with van der Waals surface area (Å²) in [5, 5.41) is 3.56. The maximum atomic E-state index is 15.1. The lowest BCUT2D eigenvalue weighted by Crippen LogP contribution is -2.33. The summed E-state index contributed by atoms with van der Waals surface area (Å²) in [6.07, 6.45) is 7.34. The molecule has 0 saturated heterocycles. The van der Waals surface area contributed by atoms with Crippen LogP contribution in [0.5, 0.6) is 0 Å². The first-order valence-corrected chi connectivity index (χ1v) is 11.6. The zero-order chi connectivity index (χ0) is 25.1. The Hall–Kier alpha value is -4.59. The Kier molecular flexibility index (Phi) is 6.40. The number of amides is 2. The van der Waals surface area contributed by atoms with E-state index in [-0.39, 0.29) is 18.4 Å². The topological polar surface area (TPSA) is 91.0 Å². The fourth-order valence-corrected chi connectivity index (χ4v) is 4.38. The molecule has 2 aromatic carbocycles. The monoisotopic (exact) mass is 481 g/mol. The molecular formula is C28H24FN5O2. The number of carbonyl (C=O) groups excluding carboxylic acids is 2. The molecule has 0 fully saturated rings. The molecule has 4 aromatic rings. The third kappa shape index (κ3) is 4.53. The van der Waals surface area contributed by atoms with E-state index >= 15 is 4.39 Å². The molecule has 7 nitrogen and oxygen atoms in total. The number of fused-ring (bicyclic) bond motifs is 1. The summed E-state index contributed by atoms with van der Waals surface area (Å²) >= 11 is 0. The van der Waals surface area contributed by atoms with Crippen molar-refractivity contribution < 1.29 is 14.0 Å². The van der Waals surface area contributed by atoms with Crippen LogP contribution < -0.4 is 5.32 Å². The lowest BCUT2D eigenvalue weighted by atomic mass is 9.96. The van der Waals surface area contributed by atoms with Gasteiger partial charge in [0.25, 0.3) is 5.91 Å². The van der Waals surface area contributed by atoms with E-state index in [2.05, 4.69) is 26.8 Å². The van der Waals surface area contributed by atoms with Crippen LogP contribution in [0, 0.1) is 5.82 Å². The smallest absolute Gasteiger partial charge is 0.251 e. The standard InChI is InChI=1S/C28H24FN5O2/c1-2-24(35)34-12-10-18(11-13-34)22-16-30-27-25(22)26(32-17-33-27)20-8-9-21(23(29)14-20)15-31-28(36)19-6-4-3-5-7-19/h2-10,14,16-17H,1,11-13,15H2,(H,31,36)(H,30,32,33). The van der Waals surface area contributed by atoms with Crippen LogP contribution >= 0.6 is 0 Å². The van der Waals surface area contributed by atoms with Gasteiger partial charge in [0.05, 0.1) is 11.1 Å². The van der Waals surface area contributed by atoms with E-state index in [9.17, 15) is 9.59 Å². The van der Waals surface area contributed by atoms with Crippen molar-refractivity contribution in [1.29, 1.82) is 0 Å². The molecular weight excluding hydrogens is 457 g/mol. The van der Waals surface area contributed by atoms with Gasteiger partial charge >= 0.3 is 0 Å². The van der Waals surface area contributed by atoms with E-state index < -0.39 is 5.82 Å². The molecule has 2 amide bonds. The second-order valence-corrected chi connectivity index (χ2v) is 8.47. The first kappa shape index (κ1) is 23.2. The summed E-state index contributed by atoms with van der Waals surface area (Å²) in [6, 6.07) is 13.7. The van der Waals surface area contributed by atoms with Gasteiger partial charge in [-0.2, -0.15) is 0 Å². The third-order valence-corrected chi connectivity index (χ3v) is 6.31. The molecule has 0 unspecified atom stereocenters. The molecule has 0 bridgehead atoms. The Balaban J connectivity index is 1.41. The van der Waals surface area contributed by atoms with Gasteiger partial charge in [-0.1, -0.05) is 43.0 Å². The number of aromatic amines is 1. The average Bonchev–Trinajstić information content (AvgIpc) is 3.37. The van der Waals surface area contributed by atoms with Crippen molar-refractivity contribution >= 4 is 28.4 Å². The summed E-state index contributed by atoms with van der Waals surface area (Å²) in [7, 11) is 0. The minimum absolute atomic E-state index is 0.0707. The van der Waals surface area contributed by atoms with E-state index in [0.29, 0.717) is 47.5 Å².